The zero-order chi connectivity index (χ0) is 15.4. The van der Waals surface area contributed by atoms with Crippen molar-refractivity contribution in [1.82, 2.24) is 15.2 Å². The molecular weight excluding hydrogens is 339 g/mol. The lowest BCUT2D eigenvalue weighted by Crippen LogP contribution is -2.25. The van der Waals surface area contributed by atoms with E-state index >= 15 is 0 Å². The van der Waals surface area contributed by atoms with Crippen LogP contribution in [-0.2, 0) is 4.79 Å². The fraction of sp³-hybridized carbons (Fsp3) is 0.0909. The van der Waals surface area contributed by atoms with Crippen molar-refractivity contribution in [3.8, 4) is 0 Å². The molecule has 0 unspecified atom stereocenters. The average Bonchev–Trinajstić information content (AvgIpc) is 2.36. The van der Waals surface area contributed by atoms with Crippen molar-refractivity contribution >= 4 is 46.6 Å². The van der Waals surface area contributed by atoms with Crippen LogP contribution in [0.2, 0.25) is 10.0 Å². The Balaban J connectivity index is 1.99. The molecule has 0 aliphatic carbocycles. The van der Waals surface area contributed by atoms with Crippen LogP contribution in [-0.4, -0.2) is 26.8 Å². The fourth-order valence-electron chi connectivity index (χ4n) is 1.39. The third-order valence-electron chi connectivity index (χ3n) is 2.17. The normalized spacial score (nSPS) is 10.4. The molecule has 1 heterocycles. The summed E-state index contributed by atoms with van der Waals surface area (Å²) >= 11 is 12.5. The zero-order valence-electron chi connectivity index (χ0n) is 10.3. The summed E-state index contributed by atoms with van der Waals surface area (Å²) in [7, 11) is 0. The lowest BCUT2D eigenvalue weighted by molar-refractivity contribution is -0.113. The predicted molar refractivity (Wildman–Crippen MR) is 81.3 cm³/mol. The topological polar surface area (TPSA) is 108 Å². The molecular formula is C11H8Cl2N4O3S. The summed E-state index contributed by atoms with van der Waals surface area (Å²) < 4.78 is 0. The minimum atomic E-state index is -0.706. The predicted octanol–water partition coefficient (Wildman–Crippen LogP) is 1.50. The van der Waals surface area contributed by atoms with Crippen molar-refractivity contribution in [3.63, 3.8) is 0 Å². The highest BCUT2D eigenvalue weighted by Crippen LogP contribution is 2.22. The number of anilines is 1. The molecule has 2 aromatic rings. The molecule has 1 aromatic carbocycles. The Bertz CT molecular complexity index is 769. The zero-order valence-corrected chi connectivity index (χ0v) is 12.6. The first-order chi connectivity index (χ1) is 9.94. The van der Waals surface area contributed by atoms with Crippen molar-refractivity contribution in [2.45, 2.75) is 5.03 Å². The van der Waals surface area contributed by atoms with E-state index in [1.54, 1.807) is 12.1 Å². The maximum absolute atomic E-state index is 11.8. The molecule has 0 atom stereocenters. The number of carbonyl (C=O) groups is 1. The number of hydrogen-bond acceptors (Lipinski definition) is 5. The number of nitrogens with one attached hydrogen (secondary N) is 3. The number of nitrogens with zero attached hydrogens (tertiary/aromatic N) is 1. The van der Waals surface area contributed by atoms with Gasteiger partial charge in [-0.05, 0) is 18.2 Å². The number of rotatable bonds is 4. The standard InChI is InChI=1S/C11H8Cl2N4O3S/c12-5-1-6(13)3-7(2-5)14-8(18)4-21-10-9(19)15-11(20)17-16-10/h1-3H,4H2,(H,14,18)(H2,15,17,19,20). The van der Waals surface area contributed by atoms with E-state index in [2.05, 4.69) is 15.5 Å². The summed E-state index contributed by atoms with van der Waals surface area (Å²) in [4.78, 5) is 35.9. The Kier molecular flexibility index (Phi) is 5.05. The van der Waals surface area contributed by atoms with Crippen molar-refractivity contribution < 1.29 is 4.79 Å². The molecule has 1 aromatic heterocycles. The van der Waals surface area contributed by atoms with Crippen LogP contribution < -0.4 is 16.6 Å². The summed E-state index contributed by atoms with van der Waals surface area (Å²) in [5.74, 6) is -0.433. The van der Waals surface area contributed by atoms with Gasteiger partial charge in [-0.2, -0.15) is 5.10 Å². The van der Waals surface area contributed by atoms with Gasteiger partial charge in [-0.25, -0.2) is 9.89 Å². The third kappa shape index (κ3) is 4.62. The number of benzene rings is 1. The van der Waals surface area contributed by atoms with Crippen LogP contribution in [0.4, 0.5) is 5.69 Å². The number of amides is 1. The second kappa shape index (κ2) is 6.79. The molecule has 21 heavy (non-hydrogen) atoms. The van der Waals surface area contributed by atoms with Gasteiger partial charge in [0.05, 0.1) is 5.75 Å². The van der Waals surface area contributed by atoms with E-state index < -0.39 is 11.2 Å². The lowest BCUT2D eigenvalue weighted by atomic mass is 10.3. The van der Waals surface area contributed by atoms with Gasteiger partial charge in [0.2, 0.25) is 5.91 Å². The van der Waals surface area contributed by atoms with Gasteiger partial charge in [0.1, 0.15) is 0 Å². The van der Waals surface area contributed by atoms with Crippen LogP contribution in [0, 0.1) is 0 Å². The van der Waals surface area contributed by atoms with Crippen molar-refractivity contribution in [2.24, 2.45) is 0 Å². The Morgan fingerprint density at radius 2 is 1.90 bits per heavy atom. The smallest absolute Gasteiger partial charge is 0.325 e. The van der Waals surface area contributed by atoms with Crippen LogP contribution in [0.1, 0.15) is 0 Å². The molecule has 2 rings (SSSR count). The molecule has 0 fully saturated rings. The monoisotopic (exact) mass is 346 g/mol. The second-order valence-electron chi connectivity index (χ2n) is 3.81. The summed E-state index contributed by atoms with van der Waals surface area (Å²) in [6.07, 6.45) is 0. The van der Waals surface area contributed by atoms with Gasteiger partial charge in [0.15, 0.2) is 5.03 Å². The first kappa shape index (κ1) is 15.6. The van der Waals surface area contributed by atoms with Gasteiger partial charge in [-0.1, -0.05) is 35.0 Å². The Morgan fingerprint density at radius 1 is 1.24 bits per heavy atom. The molecule has 3 N–H and O–H groups in total. The van der Waals surface area contributed by atoms with E-state index in [-0.39, 0.29) is 16.7 Å². The van der Waals surface area contributed by atoms with E-state index in [0.717, 1.165) is 11.8 Å². The van der Waals surface area contributed by atoms with Crippen LogP contribution in [0.5, 0.6) is 0 Å². The number of H-pyrrole nitrogens is 2. The lowest BCUT2D eigenvalue weighted by Gasteiger charge is -2.05. The quantitative estimate of drug-likeness (QED) is 0.727. The molecule has 7 nitrogen and oxygen atoms in total. The number of aromatic nitrogens is 3. The Hall–Kier alpha value is -1.77. The van der Waals surface area contributed by atoms with E-state index in [4.69, 9.17) is 23.2 Å². The van der Waals surface area contributed by atoms with Crippen molar-refractivity contribution in [1.29, 1.82) is 0 Å². The van der Waals surface area contributed by atoms with Gasteiger partial charge < -0.3 is 5.32 Å². The van der Waals surface area contributed by atoms with Gasteiger partial charge in [-0.3, -0.25) is 14.6 Å². The molecule has 110 valence electrons. The first-order valence-corrected chi connectivity index (χ1v) is 7.26. The van der Waals surface area contributed by atoms with Gasteiger partial charge in [0.25, 0.3) is 5.56 Å². The maximum atomic E-state index is 11.8. The summed E-state index contributed by atoms with van der Waals surface area (Å²) in [5, 5.41) is 8.99. The number of carbonyl (C=O) groups excluding carboxylic acids is 1. The number of halogens is 2. The number of thioether (sulfide) groups is 1. The van der Waals surface area contributed by atoms with Gasteiger partial charge in [-0.15, -0.1) is 0 Å². The maximum Gasteiger partial charge on any atom is 0.342 e. The second-order valence-corrected chi connectivity index (χ2v) is 5.64. The summed E-state index contributed by atoms with van der Waals surface area (Å²) in [5.41, 5.74) is -0.911. The van der Waals surface area contributed by atoms with Crippen LogP contribution in [0.15, 0.2) is 32.8 Å². The first-order valence-electron chi connectivity index (χ1n) is 5.52. The van der Waals surface area contributed by atoms with E-state index in [9.17, 15) is 14.4 Å². The molecule has 1 amide bonds. The van der Waals surface area contributed by atoms with Crippen molar-refractivity contribution in [2.75, 3.05) is 11.1 Å². The minimum absolute atomic E-state index is 0.00567. The van der Waals surface area contributed by atoms with Gasteiger partial charge >= 0.3 is 5.69 Å². The highest BCUT2D eigenvalue weighted by atomic mass is 35.5. The van der Waals surface area contributed by atoms with E-state index in [1.807, 2.05) is 4.98 Å². The minimum Gasteiger partial charge on any atom is -0.325 e. The van der Waals surface area contributed by atoms with Gasteiger partial charge in [0, 0.05) is 15.7 Å². The third-order valence-corrected chi connectivity index (χ3v) is 3.56. The molecule has 0 bridgehead atoms. The highest BCUT2D eigenvalue weighted by molar-refractivity contribution is 7.99. The number of aromatic amines is 2. The molecule has 0 radical (unpaired) electrons. The molecule has 0 aliphatic rings. The summed E-state index contributed by atoms with van der Waals surface area (Å²) in [6, 6.07) is 4.62. The van der Waals surface area contributed by atoms with Crippen LogP contribution in [0.25, 0.3) is 0 Å². The van der Waals surface area contributed by atoms with Crippen LogP contribution in [0.3, 0.4) is 0 Å². The fourth-order valence-corrected chi connectivity index (χ4v) is 2.55. The van der Waals surface area contributed by atoms with E-state index in [1.165, 1.54) is 6.07 Å². The van der Waals surface area contributed by atoms with E-state index in [0.29, 0.717) is 15.7 Å². The Labute approximate surface area is 132 Å². The van der Waals surface area contributed by atoms with Crippen molar-refractivity contribution in [3.05, 3.63) is 49.1 Å². The highest BCUT2D eigenvalue weighted by Gasteiger charge is 2.09. The molecule has 0 saturated heterocycles. The molecule has 0 aliphatic heterocycles. The number of hydrogen-bond donors (Lipinski definition) is 3. The average molecular weight is 347 g/mol. The largest absolute Gasteiger partial charge is 0.342 e. The molecule has 10 heteroatoms. The molecule has 0 spiro atoms. The molecule has 0 saturated carbocycles. The Morgan fingerprint density at radius 3 is 2.52 bits per heavy atom. The van der Waals surface area contributed by atoms with Crippen LogP contribution >= 0.6 is 35.0 Å². The SMILES string of the molecule is O=C(CSc1n[nH]c(=O)[nH]c1=O)Nc1cc(Cl)cc(Cl)c1. The summed E-state index contributed by atoms with van der Waals surface area (Å²) in [6.45, 7) is 0.